The lowest BCUT2D eigenvalue weighted by Crippen LogP contribution is -2.47. The van der Waals surface area contributed by atoms with E-state index in [1.807, 2.05) is 62.4 Å². The Morgan fingerprint density at radius 2 is 1.69 bits per heavy atom. The van der Waals surface area contributed by atoms with Gasteiger partial charge in [0, 0.05) is 44.8 Å². The van der Waals surface area contributed by atoms with Gasteiger partial charge in [-0.1, -0.05) is 48.0 Å². The molecule has 0 spiro atoms. The van der Waals surface area contributed by atoms with Crippen molar-refractivity contribution in [3.05, 3.63) is 76.2 Å². The lowest BCUT2D eigenvalue weighted by atomic mass is 10.00. The highest BCUT2D eigenvalue weighted by Crippen LogP contribution is 2.26. The van der Waals surface area contributed by atoms with Crippen molar-refractivity contribution in [2.45, 2.75) is 45.6 Å². The van der Waals surface area contributed by atoms with E-state index in [0.717, 1.165) is 74.0 Å². The fraction of sp³-hybridized carbons (Fsp3) is 0.467. The van der Waals surface area contributed by atoms with Gasteiger partial charge in [0.25, 0.3) is 0 Å². The molecular weight excluding hydrogens is 512 g/mol. The maximum absolute atomic E-state index is 13.0. The Hall–Kier alpha value is -2.91. The third kappa shape index (κ3) is 8.54. The van der Waals surface area contributed by atoms with Crippen LogP contribution in [-0.2, 0) is 11.2 Å². The van der Waals surface area contributed by atoms with Crippen LogP contribution in [0.4, 0.5) is 0 Å². The number of β-amino-alcohol motifs (C(OH)–C–C–N with tert-alkyl or cyclic N) is 1. The molecule has 0 aliphatic carbocycles. The maximum atomic E-state index is 13.0. The highest BCUT2D eigenvalue weighted by Gasteiger charge is 2.19. The molecule has 8 nitrogen and oxygen atoms in total. The molecule has 1 aliphatic heterocycles. The lowest BCUT2D eigenvalue weighted by Gasteiger charge is -2.34. The molecule has 1 aromatic carbocycles. The summed E-state index contributed by atoms with van der Waals surface area (Å²) in [5, 5.41) is 12.9. The molecule has 0 bridgehead atoms. The third-order valence-electron chi connectivity index (χ3n) is 7.17. The smallest absolute Gasteiger partial charge is 0.220 e. The van der Waals surface area contributed by atoms with Crippen LogP contribution in [0.5, 0.6) is 0 Å². The number of pyridine rings is 1. The Kier molecular flexibility index (Phi) is 10.8. The van der Waals surface area contributed by atoms with E-state index in [4.69, 9.17) is 21.7 Å². The molecule has 9 heteroatoms. The van der Waals surface area contributed by atoms with E-state index in [2.05, 4.69) is 25.1 Å². The van der Waals surface area contributed by atoms with E-state index >= 15 is 0 Å². The van der Waals surface area contributed by atoms with Crippen molar-refractivity contribution in [3.63, 3.8) is 0 Å². The second kappa shape index (κ2) is 14.5. The Morgan fingerprint density at radius 1 is 0.974 bits per heavy atom. The van der Waals surface area contributed by atoms with Gasteiger partial charge in [-0.05, 0) is 57.4 Å². The average molecular weight is 551 g/mol. The predicted molar refractivity (Wildman–Crippen MR) is 155 cm³/mol. The molecule has 2 N–H and O–H groups in total. The summed E-state index contributed by atoms with van der Waals surface area (Å²) in [5.74, 6) is 0.616. The summed E-state index contributed by atoms with van der Waals surface area (Å²) < 4.78 is 0. The first-order valence-electron chi connectivity index (χ1n) is 13.8. The largest absolute Gasteiger partial charge is 0.395 e. The molecule has 208 valence electrons. The Labute approximate surface area is 236 Å². The summed E-state index contributed by atoms with van der Waals surface area (Å²) >= 11 is 6.64. The minimum atomic E-state index is -0.146. The van der Waals surface area contributed by atoms with Crippen molar-refractivity contribution < 1.29 is 9.90 Å². The summed E-state index contributed by atoms with van der Waals surface area (Å²) in [5.41, 5.74) is 4.17. The van der Waals surface area contributed by atoms with E-state index in [1.165, 1.54) is 0 Å². The fourth-order valence-corrected chi connectivity index (χ4v) is 5.14. The number of aliphatic hydroxyl groups excluding tert-OH is 1. The number of hydrogen-bond acceptors (Lipinski definition) is 7. The van der Waals surface area contributed by atoms with Crippen molar-refractivity contribution in [3.8, 4) is 11.5 Å². The van der Waals surface area contributed by atoms with E-state index in [1.54, 1.807) is 0 Å². The zero-order chi connectivity index (χ0) is 27.6. The summed E-state index contributed by atoms with van der Waals surface area (Å²) in [6, 6.07) is 15.7. The van der Waals surface area contributed by atoms with E-state index in [0.29, 0.717) is 30.1 Å². The number of carbonyl (C=O) groups excluding carboxylic acids is 1. The van der Waals surface area contributed by atoms with Gasteiger partial charge < -0.3 is 15.3 Å². The van der Waals surface area contributed by atoms with Crippen LogP contribution in [0.3, 0.4) is 0 Å². The molecule has 1 saturated heterocycles. The average Bonchev–Trinajstić information content (AvgIpc) is 2.94. The number of carbonyl (C=O) groups is 1. The minimum absolute atomic E-state index is 0.0531. The number of hydrogen-bond donors (Lipinski definition) is 2. The van der Waals surface area contributed by atoms with Crippen molar-refractivity contribution in [2.75, 3.05) is 45.9 Å². The zero-order valence-electron chi connectivity index (χ0n) is 22.9. The molecule has 1 amide bonds. The molecule has 39 heavy (non-hydrogen) atoms. The van der Waals surface area contributed by atoms with Crippen LogP contribution in [0.15, 0.2) is 48.5 Å². The second-order valence-corrected chi connectivity index (χ2v) is 10.5. The van der Waals surface area contributed by atoms with Gasteiger partial charge >= 0.3 is 0 Å². The standard InChI is InChI=1S/C30H39ClN6O2/c1-22-8-6-11-27(32-22)30-33-23(2)29(31)26(35-30)14-13-25(24-9-4-3-5-10-24)34-28(39)12-7-15-36-16-18-37(19-17-36)20-21-38/h3-6,8-11,25,38H,7,12-21H2,1-2H3,(H,34,39)/t25-/m0/s1. The molecule has 0 saturated carbocycles. The van der Waals surface area contributed by atoms with Gasteiger partial charge in [-0.3, -0.25) is 9.69 Å². The maximum Gasteiger partial charge on any atom is 0.220 e. The first-order chi connectivity index (χ1) is 18.9. The van der Waals surface area contributed by atoms with Gasteiger partial charge in [0.05, 0.1) is 29.1 Å². The van der Waals surface area contributed by atoms with Gasteiger partial charge in [-0.2, -0.15) is 0 Å². The van der Waals surface area contributed by atoms with E-state index in [9.17, 15) is 4.79 Å². The van der Waals surface area contributed by atoms with Crippen LogP contribution in [-0.4, -0.2) is 81.6 Å². The number of halogens is 1. The monoisotopic (exact) mass is 550 g/mol. The first-order valence-corrected chi connectivity index (χ1v) is 14.2. The molecule has 1 fully saturated rings. The van der Waals surface area contributed by atoms with Crippen molar-refractivity contribution >= 4 is 17.5 Å². The SMILES string of the molecule is Cc1cccc(-c2nc(C)c(Cl)c(CC[C@H](NC(=O)CCCN3CCN(CCO)CC3)c3ccccc3)n2)n1. The van der Waals surface area contributed by atoms with Crippen LogP contribution in [0.25, 0.3) is 11.5 Å². The Morgan fingerprint density at radius 3 is 2.38 bits per heavy atom. The molecule has 1 atom stereocenters. The molecule has 0 radical (unpaired) electrons. The fourth-order valence-electron chi connectivity index (χ4n) is 4.96. The predicted octanol–water partition coefficient (Wildman–Crippen LogP) is 3.99. The van der Waals surface area contributed by atoms with Gasteiger partial charge in [-0.25, -0.2) is 15.0 Å². The molecule has 3 aromatic rings. The van der Waals surface area contributed by atoms with Gasteiger partial charge in [-0.15, -0.1) is 0 Å². The number of rotatable bonds is 12. The highest BCUT2D eigenvalue weighted by molar-refractivity contribution is 6.31. The normalized spacial score (nSPS) is 15.3. The quantitative estimate of drug-likeness (QED) is 0.352. The number of aromatic nitrogens is 3. The Bertz CT molecular complexity index is 1220. The molecular formula is C30H39ClN6O2. The summed E-state index contributed by atoms with van der Waals surface area (Å²) in [6.07, 6.45) is 2.56. The summed E-state index contributed by atoms with van der Waals surface area (Å²) in [4.78, 5) is 31.6. The number of benzene rings is 1. The number of aryl methyl sites for hydroxylation is 3. The van der Waals surface area contributed by atoms with Crippen LogP contribution >= 0.6 is 11.6 Å². The van der Waals surface area contributed by atoms with Crippen molar-refractivity contribution in [2.24, 2.45) is 0 Å². The van der Waals surface area contributed by atoms with Crippen molar-refractivity contribution in [1.29, 1.82) is 0 Å². The zero-order valence-corrected chi connectivity index (χ0v) is 23.7. The third-order valence-corrected chi connectivity index (χ3v) is 7.66. The summed E-state index contributed by atoms with van der Waals surface area (Å²) in [7, 11) is 0. The second-order valence-electron chi connectivity index (χ2n) is 10.1. The van der Waals surface area contributed by atoms with Crippen LogP contribution in [0, 0.1) is 13.8 Å². The van der Waals surface area contributed by atoms with Crippen molar-refractivity contribution in [1.82, 2.24) is 30.1 Å². The lowest BCUT2D eigenvalue weighted by molar-refractivity contribution is -0.122. The first kappa shape index (κ1) is 29.1. The molecule has 1 aliphatic rings. The minimum Gasteiger partial charge on any atom is -0.395 e. The molecule has 2 aromatic heterocycles. The van der Waals surface area contributed by atoms with Gasteiger partial charge in [0.15, 0.2) is 5.82 Å². The van der Waals surface area contributed by atoms with Crippen LogP contribution < -0.4 is 5.32 Å². The number of nitrogens with one attached hydrogen (secondary N) is 1. The van der Waals surface area contributed by atoms with Crippen LogP contribution in [0.2, 0.25) is 5.02 Å². The molecule has 4 rings (SSSR count). The van der Waals surface area contributed by atoms with Gasteiger partial charge in [0.2, 0.25) is 5.91 Å². The number of piperazine rings is 1. The number of aliphatic hydroxyl groups is 1. The van der Waals surface area contributed by atoms with Gasteiger partial charge in [0.1, 0.15) is 5.69 Å². The van der Waals surface area contributed by atoms with E-state index in [-0.39, 0.29) is 18.6 Å². The van der Waals surface area contributed by atoms with Crippen LogP contribution in [0.1, 0.15) is 47.9 Å². The molecule has 0 unspecified atom stereocenters. The molecule has 3 heterocycles. The Balaban J connectivity index is 1.37. The van der Waals surface area contributed by atoms with E-state index < -0.39 is 0 Å². The summed E-state index contributed by atoms with van der Waals surface area (Å²) in [6.45, 7) is 9.57. The topological polar surface area (TPSA) is 94.5 Å². The highest BCUT2D eigenvalue weighted by atomic mass is 35.5. The number of nitrogens with zero attached hydrogens (tertiary/aromatic N) is 5. The number of amides is 1.